The number of methoxy groups -OCH3 is 1. The fraction of sp³-hybridized carbons (Fsp3) is 0.429. The number of nitrogens with one attached hydrogen (secondary N) is 1. The Morgan fingerprint density at radius 1 is 1.41 bits per heavy atom. The Morgan fingerprint density at radius 2 is 2.21 bits per heavy atom. The molecule has 1 aliphatic rings. The minimum Gasteiger partial charge on any atom is -0.495 e. The zero-order chi connectivity index (χ0) is 20.5. The van der Waals surface area contributed by atoms with Crippen LogP contribution in [0.1, 0.15) is 43.2 Å². The number of benzene rings is 1. The second-order valence-electron chi connectivity index (χ2n) is 7.48. The van der Waals surface area contributed by atoms with Crippen LogP contribution in [0.15, 0.2) is 29.1 Å². The first-order chi connectivity index (χ1) is 14.0. The Hall–Kier alpha value is -2.74. The predicted octanol–water partition coefficient (Wildman–Crippen LogP) is 3.58. The van der Waals surface area contributed by atoms with Crippen molar-refractivity contribution < 1.29 is 9.53 Å². The number of hydrogen-bond acceptors (Lipinski definition) is 6. The van der Waals surface area contributed by atoms with Crippen molar-refractivity contribution >= 4 is 33.1 Å². The minimum atomic E-state index is -0.748. The van der Waals surface area contributed by atoms with Gasteiger partial charge in [0.2, 0.25) is 5.91 Å². The number of rotatable bonds is 5. The lowest BCUT2D eigenvalue weighted by Crippen LogP contribution is -2.35. The SMILES string of the molecule is CCC(C(=O)Nc1ccccc1OC)n1nnc2sc3c(c2c1=O)CCC(C)C3. The van der Waals surface area contributed by atoms with Gasteiger partial charge < -0.3 is 10.1 Å². The van der Waals surface area contributed by atoms with Gasteiger partial charge in [-0.15, -0.1) is 16.4 Å². The molecule has 0 saturated heterocycles. The van der Waals surface area contributed by atoms with Gasteiger partial charge in [-0.1, -0.05) is 31.2 Å². The third-order valence-electron chi connectivity index (χ3n) is 5.50. The molecule has 0 fully saturated rings. The van der Waals surface area contributed by atoms with Crippen LogP contribution < -0.4 is 15.6 Å². The average molecular weight is 413 g/mol. The van der Waals surface area contributed by atoms with Gasteiger partial charge in [0.1, 0.15) is 11.8 Å². The van der Waals surface area contributed by atoms with Gasteiger partial charge in [0.25, 0.3) is 5.56 Å². The van der Waals surface area contributed by atoms with E-state index in [-0.39, 0.29) is 11.5 Å². The number of thiophene rings is 1. The number of amides is 1. The Kier molecular flexibility index (Phi) is 5.36. The number of hydrogen-bond donors (Lipinski definition) is 1. The van der Waals surface area contributed by atoms with Gasteiger partial charge in [-0.05, 0) is 49.3 Å². The summed E-state index contributed by atoms with van der Waals surface area (Å²) in [4.78, 5) is 28.2. The molecule has 4 rings (SSSR count). The molecule has 2 heterocycles. The fourth-order valence-electron chi connectivity index (χ4n) is 3.91. The molecule has 1 aliphatic carbocycles. The van der Waals surface area contributed by atoms with E-state index in [1.165, 1.54) is 9.56 Å². The van der Waals surface area contributed by atoms with E-state index in [0.717, 1.165) is 24.8 Å². The van der Waals surface area contributed by atoms with Crippen molar-refractivity contribution in [3.05, 3.63) is 45.1 Å². The third kappa shape index (κ3) is 3.53. The van der Waals surface area contributed by atoms with Crippen LogP contribution in [-0.4, -0.2) is 28.0 Å². The molecule has 0 aliphatic heterocycles. The van der Waals surface area contributed by atoms with Gasteiger partial charge in [-0.3, -0.25) is 9.59 Å². The summed E-state index contributed by atoms with van der Waals surface area (Å²) in [7, 11) is 1.55. The van der Waals surface area contributed by atoms with Gasteiger partial charge in [0.05, 0.1) is 18.2 Å². The van der Waals surface area contributed by atoms with Crippen LogP contribution in [0.5, 0.6) is 5.75 Å². The Balaban J connectivity index is 1.71. The molecule has 152 valence electrons. The summed E-state index contributed by atoms with van der Waals surface area (Å²) in [6, 6.07) is 6.43. The number of carbonyl (C=O) groups is 1. The number of carbonyl (C=O) groups excluding carboxylic acids is 1. The molecular weight excluding hydrogens is 388 g/mol. The van der Waals surface area contributed by atoms with E-state index < -0.39 is 6.04 Å². The second kappa shape index (κ2) is 7.94. The lowest BCUT2D eigenvalue weighted by molar-refractivity contribution is -0.119. The third-order valence-corrected chi connectivity index (χ3v) is 6.63. The van der Waals surface area contributed by atoms with E-state index in [1.807, 2.05) is 19.1 Å². The molecule has 1 aromatic carbocycles. The summed E-state index contributed by atoms with van der Waals surface area (Å²) in [5.41, 5.74) is 1.42. The smallest absolute Gasteiger partial charge is 0.279 e. The van der Waals surface area contributed by atoms with Crippen LogP contribution in [0.2, 0.25) is 0 Å². The maximum absolute atomic E-state index is 13.3. The maximum Gasteiger partial charge on any atom is 0.279 e. The van der Waals surface area contributed by atoms with E-state index in [0.29, 0.717) is 34.0 Å². The molecule has 8 heteroatoms. The van der Waals surface area contributed by atoms with Gasteiger partial charge in [-0.25, -0.2) is 0 Å². The number of anilines is 1. The van der Waals surface area contributed by atoms with Crippen molar-refractivity contribution in [1.82, 2.24) is 15.0 Å². The predicted molar refractivity (Wildman–Crippen MR) is 114 cm³/mol. The van der Waals surface area contributed by atoms with Crippen LogP contribution in [0.4, 0.5) is 5.69 Å². The highest BCUT2D eigenvalue weighted by atomic mass is 32.1. The fourth-order valence-corrected chi connectivity index (χ4v) is 5.23. The first kappa shape index (κ1) is 19.6. The molecule has 0 saturated carbocycles. The first-order valence-electron chi connectivity index (χ1n) is 9.87. The van der Waals surface area contributed by atoms with Crippen molar-refractivity contribution in [2.75, 3.05) is 12.4 Å². The number of nitrogens with zero attached hydrogens (tertiary/aromatic N) is 3. The van der Waals surface area contributed by atoms with E-state index >= 15 is 0 Å². The van der Waals surface area contributed by atoms with Crippen LogP contribution in [-0.2, 0) is 17.6 Å². The number of aryl methyl sites for hydroxylation is 1. The van der Waals surface area contributed by atoms with Gasteiger partial charge in [0, 0.05) is 4.88 Å². The molecule has 0 bridgehead atoms. The number of ether oxygens (including phenoxy) is 1. The zero-order valence-corrected chi connectivity index (χ0v) is 17.6. The molecular formula is C21H24N4O3S. The molecule has 1 amide bonds. The van der Waals surface area contributed by atoms with Gasteiger partial charge in [-0.2, -0.15) is 4.68 Å². The Morgan fingerprint density at radius 3 is 2.97 bits per heavy atom. The van der Waals surface area contributed by atoms with Gasteiger partial charge in [0.15, 0.2) is 4.83 Å². The van der Waals surface area contributed by atoms with Crippen LogP contribution in [0.25, 0.3) is 10.2 Å². The summed E-state index contributed by atoms with van der Waals surface area (Å²) in [5.74, 6) is 0.858. The minimum absolute atomic E-state index is 0.232. The zero-order valence-electron chi connectivity index (χ0n) is 16.8. The van der Waals surface area contributed by atoms with Crippen molar-refractivity contribution in [1.29, 1.82) is 0 Å². The molecule has 2 aromatic heterocycles. The Labute approximate surface area is 172 Å². The molecule has 7 nitrogen and oxygen atoms in total. The highest BCUT2D eigenvalue weighted by Crippen LogP contribution is 2.35. The normalized spacial score (nSPS) is 17.0. The number of aromatic nitrogens is 3. The summed E-state index contributed by atoms with van der Waals surface area (Å²) in [6.07, 6.45) is 3.33. The topological polar surface area (TPSA) is 86.1 Å². The quantitative estimate of drug-likeness (QED) is 0.692. The van der Waals surface area contributed by atoms with Crippen molar-refractivity contribution in [2.24, 2.45) is 5.92 Å². The lowest BCUT2D eigenvalue weighted by Gasteiger charge is -2.18. The molecule has 29 heavy (non-hydrogen) atoms. The monoisotopic (exact) mass is 412 g/mol. The highest BCUT2D eigenvalue weighted by molar-refractivity contribution is 7.18. The first-order valence-corrected chi connectivity index (χ1v) is 10.7. The van der Waals surface area contributed by atoms with E-state index in [2.05, 4.69) is 22.6 Å². The molecule has 2 atom stereocenters. The van der Waals surface area contributed by atoms with Crippen molar-refractivity contribution in [3.8, 4) is 5.75 Å². The van der Waals surface area contributed by atoms with Crippen LogP contribution >= 0.6 is 11.3 Å². The van der Waals surface area contributed by atoms with Crippen molar-refractivity contribution in [2.45, 2.75) is 45.6 Å². The number of para-hydroxylation sites is 2. The van der Waals surface area contributed by atoms with Crippen LogP contribution in [0.3, 0.4) is 0 Å². The maximum atomic E-state index is 13.3. The highest BCUT2D eigenvalue weighted by Gasteiger charge is 2.27. The Bertz CT molecular complexity index is 1120. The lowest BCUT2D eigenvalue weighted by atomic mass is 9.89. The molecule has 3 aromatic rings. The molecule has 1 N–H and O–H groups in total. The summed E-state index contributed by atoms with van der Waals surface area (Å²) < 4.78 is 6.53. The van der Waals surface area contributed by atoms with E-state index in [9.17, 15) is 9.59 Å². The largest absolute Gasteiger partial charge is 0.495 e. The summed E-state index contributed by atoms with van der Waals surface area (Å²) in [6.45, 7) is 4.09. The van der Waals surface area contributed by atoms with Gasteiger partial charge >= 0.3 is 0 Å². The van der Waals surface area contributed by atoms with Crippen LogP contribution in [0, 0.1) is 5.92 Å². The molecule has 0 radical (unpaired) electrons. The number of fused-ring (bicyclic) bond motifs is 3. The summed E-state index contributed by atoms with van der Waals surface area (Å²) in [5, 5.41) is 11.9. The van der Waals surface area contributed by atoms with E-state index in [1.54, 1.807) is 30.6 Å². The molecule has 2 unspecified atom stereocenters. The average Bonchev–Trinajstić information content (AvgIpc) is 3.08. The second-order valence-corrected chi connectivity index (χ2v) is 8.57. The summed E-state index contributed by atoms with van der Waals surface area (Å²) >= 11 is 1.56. The standard InChI is InChI=1S/C21H24N4O3S/c1-4-15(19(26)22-14-7-5-6-8-16(14)28-3)25-21(27)18-13-10-9-12(2)11-17(13)29-20(18)23-24-25/h5-8,12,15H,4,9-11H2,1-3H3,(H,22,26). The molecule has 0 spiro atoms. The van der Waals surface area contributed by atoms with Crippen molar-refractivity contribution in [3.63, 3.8) is 0 Å². The van der Waals surface area contributed by atoms with E-state index in [4.69, 9.17) is 4.74 Å².